The first kappa shape index (κ1) is 15.6. The molecule has 0 saturated carbocycles. The third-order valence-electron chi connectivity index (χ3n) is 3.59. The first-order valence-corrected chi connectivity index (χ1v) is 7.35. The summed E-state index contributed by atoms with van der Waals surface area (Å²) in [6.45, 7) is 0. The predicted octanol–water partition coefficient (Wildman–Crippen LogP) is 6.69. The van der Waals surface area contributed by atoms with E-state index in [1.807, 2.05) is 48.5 Å². The van der Waals surface area contributed by atoms with E-state index in [0.717, 1.165) is 34.4 Å². The Balaban J connectivity index is 1.88. The van der Waals surface area contributed by atoms with E-state index in [-0.39, 0.29) is 0 Å². The zero-order valence-electron chi connectivity index (χ0n) is 11.9. The van der Waals surface area contributed by atoms with Crippen molar-refractivity contribution in [2.75, 3.05) is 0 Å². The van der Waals surface area contributed by atoms with Crippen molar-refractivity contribution in [3.05, 3.63) is 83.4 Å². The normalized spacial score (nSPS) is 11.5. The smallest absolute Gasteiger partial charge is 0.166 e. The van der Waals surface area contributed by atoms with Gasteiger partial charge < -0.3 is 0 Å². The van der Waals surface area contributed by atoms with Gasteiger partial charge in [0.05, 0.1) is 5.56 Å². The van der Waals surface area contributed by atoms with Crippen molar-refractivity contribution in [2.24, 2.45) is 0 Å². The Hall–Kier alpha value is -2.26. The molecule has 0 radical (unpaired) electrons. The lowest BCUT2D eigenvalue weighted by Crippen LogP contribution is -2.03. The third kappa shape index (κ3) is 3.57. The van der Waals surface area contributed by atoms with E-state index in [0.29, 0.717) is 5.02 Å². The molecule has 3 aromatic carbocycles. The van der Waals surface area contributed by atoms with Crippen LogP contribution in [0.15, 0.2) is 72.8 Å². The summed E-state index contributed by atoms with van der Waals surface area (Å²) in [5, 5.41) is 0.661. The number of alkyl halides is 3. The molecule has 0 heterocycles. The molecule has 116 valence electrons. The summed E-state index contributed by atoms with van der Waals surface area (Å²) in [6.07, 6.45) is -4.31. The zero-order valence-corrected chi connectivity index (χ0v) is 12.7. The van der Waals surface area contributed by atoms with Crippen LogP contribution in [0.5, 0.6) is 0 Å². The molecule has 0 aromatic heterocycles. The second-order valence-electron chi connectivity index (χ2n) is 5.16. The number of hydrogen-bond acceptors (Lipinski definition) is 0. The van der Waals surface area contributed by atoms with Gasteiger partial charge in [0.15, 0.2) is 0 Å². The Morgan fingerprint density at radius 2 is 1.09 bits per heavy atom. The van der Waals surface area contributed by atoms with Crippen molar-refractivity contribution in [1.82, 2.24) is 0 Å². The molecule has 0 nitrogen and oxygen atoms in total. The van der Waals surface area contributed by atoms with Gasteiger partial charge in [0.1, 0.15) is 0 Å². The molecular weight excluding hydrogens is 321 g/mol. The highest BCUT2D eigenvalue weighted by Crippen LogP contribution is 2.31. The van der Waals surface area contributed by atoms with Gasteiger partial charge in [-0.15, -0.1) is 0 Å². The summed E-state index contributed by atoms with van der Waals surface area (Å²) in [5.74, 6) is 0. The SMILES string of the molecule is FC(F)(F)c1ccc(-c2ccc(-c3cccc(Cl)c3)cc2)cc1. The minimum absolute atomic E-state index is 0.642. The molecule has 0 aliphatic carbocycles. The lowest BCUT2D eigenvalue weighted by atomic mass is 9.99. The van der Waals surface area contributed by atoms with Crippen LogP contribution in [-0.4, -0.2) is 0 Å². The summed E-state index contributed by atoms with van der Waals surface area (Å²) < 4.78 is 37.8. The van der Waals surface area contributed by atoms with Gasteiger partial charge in [0.2, 0.25) is 0 Å². The van der Waals surface area contributed by atoms with E-state index in [4.69, 9.17) is 11.6 Å². The van der Waals surface area contributed by atoms with Crippen LogP contribution in [0.25, 0.3) is 22.3 Å². The van der Waals surface area contributed by atoms with Gasteiger partial charge in [0.25, 0.3) is 0 Å². The summed E-state index contributed by atoms with van der Waals surface area (Å²) in [4.78, 5) is 0. The van der Waals surface area contributed by atoms with Crippen molar-refractivity contribution in [3.8, 4) is 22.3 Å². The molecule has 0 amide bonds. The molecule has 0 fully saturated rings. The van der Waals surface area contributed by atoms with E-state index < -0.39 is 11.7 Å². The predicted molar refractivity (Wildman–Crippen MR) is 87.3 cm³/mol. The molecule has 0 aliphatic heterocycles. The molecule has 0 unspecified atom stereocenters. The maximum absolute atomic E-state index is 12.6. The van der Waals surface area contributed by atoms with Gasteiger partial charge in [-0.2, -0.15) is 13.2 Å². The lowest BCUT2D eigenvalue weighted by Gasteiger charge is -2.08. The molecule has 3 rings (SSSR count). The summed E-state index contributed by atoms with van der Waals surface area (Å²) in [6, 6.07) is 20.3. The van der Waals surface area contributed by atoms with Crippen LogP contribution in [0.4, 0.5) is 13.2 Å². The van der Waals surface area contributed by atoms with Crippen molar-refractivity contribution in [2.45, 2.75) is 6.18 Å². The molecule has 3 aromatic rings. The van der Waals surface area contributed by atoms with Crippen molar-refractivity contribution < 1.29 is 13.2 Å². The first-order chi connectivity index (χ1) is 10.9. The van der Waals surface area contributed by atoms with Crippen molar-refractivity contribution in [1.29, 1.82) is 0 Å². The van der Waals surface area contributed by atoms with Crippen LogP contribution >= 0.6 is 11.6 Å². The van der Waals surface area contributed by atoms with Crippen LogP contribution in [0, 0.1) is 0 Å². The van der Waals surface area contributed by atoms with Crippen LogP contribution in [0.1, 0.15) is 5.56 Å². The second-order valence-corrected chi connectivity index (χ2v) is 5.60. The maximum Gasteiger partial charge on any atom is 0.416 e. The summed E-state index contributed by atoms with van der Waals surface area (Å²) >= 11 is 5.98. The Morgan fingerprint density at radius 1 is 0.609 bits per heavy atom. The molecule has 0 N–H and O–H groups in total. The summed E-state index contributed by atoms with van der Waals surface area (Å²) in [5.41, 5.74) is 2.97. The molecule has 0 aliphatic rings. The fourth-order valence-corrected chi connectivity index (χ4v) is 2.57. The summed E-state index contributed by atoms with van der Waals surface area (Å²) in [7, 11) is 0. The van der Waals surface area contributed by atoms with Crippen LogP contribution in [-0.2, 0) is 6.18 Å². The van der Waals surface area contributed by atoms with E-state index in [1.165, 1.54) is 12.1 Å². The van der Waals surface area contributed by atoms with E-state index in [1.54, 1.807) is 0 Å². The van der Waals surface area contributed by atoms with Gasteiger partial charge in [-0.3, -0.25) is 0 Å². The second kappa shape index (κ2) is 6.09. The van der Waals surface area contributed by atoms with Gasteiger partial charge in [-0.1, -0.05) is 60.1 Å². The van der Waals surface area contributed by atoms with E-state index in [2.05, 4.69) is 0 Å². The van der Waals surface area contributed by atoms with Gasteiger partial charge in [-0.05, 0) is 46.5 Å². The Bertz CT molecular complexity index is 803. The topological polar surface area (TPSA) is 0 Å². The molecule has 0 atom stereocenters. The zero-order chi connectivity index (χ0) is 16.4. The maximum atomic E-state index is 12.6. The number of rotatable bonds is 2. The van der Waals surface area contributed by atoms with E-state index >= 15 is 0 Å². The van der Waals surface area contributed by atoms with E-state index in [9.17, 15) is 13.2 Å². The molecular formula is C19H12ClF3. The number of benzene rings is 3. The average Bonchev–Trinajstić information content (AvgIpc) is 2.54. The largest absolute Gasteiger partial charge is 0.416 e. The third-order valence-corrected chi connectivity index (χ3v) is 3.82. The highest BCUT2D eigenvalue weighted by Gasteiger charge is 2.29. The molecule has 0 bridgehead atoms. The first-order valence-electron chi connectivity index (χ1n) is 6.97. The van der Waals surface area contributed by atoms with Crippen LogP contribution < -0.4 is 0 Å². The van der Waals surface area contributed by atoms with Crippen LogP contribution in [0.2, 0.25) is 5.02 Å². The molecule has 0 spiro atoms. The average molecular weight is 333 g/mol. The highest BCUT2D eigenvalue weighted by atomic mass is 35.5. The Morgan fingerprint density at radius 3 is 1.57 bits per heavy atom. The number of halogens is 4. The van der Waals surface area contributed by atoms with Crippen molar-refractivity contribution in [3.63, 3.8) is 0 Å². The minimum atomic E-state index is -4.31. The fourth-order valence-electron chi connectivity index (χ4n) is 2.37. The Kier molecular flexibility index (Phi) is 4.14. The fraction of sp³-hybridized carbons (Fsp3) is 0.0526. The molecule has 23 heavy (non-hydrogen) atoms. The molecule has 4 heteroatoms. The number of hydrogen-bond donors (Lipinski definition) is 0. The monoisotopic (exact) mass is 332 g/mol. The lowest BCUT2D eigenvalue weighted by molar-refractivity contribution is -0.137. The van der Waals surface area contributed by atoms with Gasteiger partial charge >= 0.3 is 6.18 Å². The van der Waals surface area contributed by atoms with Crippen molar-refractivity contribution >= 4 is 11.6 Å². The molecule has 0 saturated heterocycles. The standard InChI is InChI=1S/C19H12ClF3/c20-18-3-1-2-16(12-18)15-6-4-13(5-7-15)14-8-10-17(11-9-14)19(21,22)23/h1-12H. The quantitative estimate of drug-likeness (QED) is 0.490. The Labute approximate surface area is 137 Å². The van der Waals surface area contributed by atoms with Crippen LogP contribution in [0.3, 0.4) is 0 Å². The minimum Gasteiger partial charge on any atom is -0.166 e. The highest BCUT2D eigenvalue weighted by molar-refractivity contribution is 6.30. The van der Waals surface area contributed by atoms with Gasteiger partial charge in [-0.25, -0.2) is 0 Å². The van der Waals surface area contributed by atoms with Gasteiger partial charge in [0, 0.05) is 5.02 Å².